The number of halogens is 1. The van der Waals surface area contributed by atoms with E-state index in [-0.39, 0.29) is 16.9 Å². The molecule has 3 aromatic heterocycles. The van der Waals surface area contributed by atoms with Gasteiger partial charge in [-0.1, -0.05) is 6.92 Å². The molecule has 3 aromatic rings. The zero-order chi connectivity index (χ0) is 26.9. The zero-order valence-corrected chi connectivity index (χ0v) is 23.3. The number of aryl methyl sites for hydroxylation is 1. The number of nitrogens with zero attached hydrogens (tertiary/aromatic N) is 6. The Morgan fingerprint density at radius 2 is 2.03 bits per heavy atom. The Morgan fingerprint density at radius 3 is 2.66 bits per heavy atom. The van der Waals surface area contributed by atoms with E-state index >= 15 is 0 Å². The summed E-state index contributed by atoms with van der Waals surface area (Å²) in [5.41, 5.74) is 0.393. The van der Waals surface area contributed by atoms with Crippen molar-refractivity contribution < 1.29 is 13.9 Å². The number of carbonyl (C=O) groups excluding carboxylic acids is 1. The third-order valence-corrected chi connectivity index (χ3v) is 9.19. The minimum Gasteiger partial charge on any atom is -0.476 e. The zero-order valence-electron chi connectivity index (χ0n) is 22.5. The first-order chi connectivity index (χ1) is 18.0. The average molecular weight is 540 g/mol. The van der Waals surface area contributed by atoms with E-state index in [2.05, 4.69) is 40.6 Å². The van der Waals surface area contributed by atoms with Gasteiger partial charge in [0, 0.05) is 36.8 Å². The Hall–Kier alpha value is -3.08. The second kappa shape index (κ2) is 8.72. The molecule has 4 heterocycles. The number of carbonyl (C=O) groups is 1. The number of hydrogen-bond donors (Lipinski definition) is 1. The molecule has 4 fully saturated rings. The highest BCUT2D eigenvalue weighted by atomic mass is 32.2. The smallest absolute Gasteiger partial charge is 0.265 e. The van der Waals surface area contributed by atoms with Crippen LogP contribution in [0, 0.1) is 18.3 Å². The first-order valence-corrected chi connectivity index (χ1v) is 13.9. The summed E-state index contributed by atoms with van der Waals surface area (Å²) in [7, 11) is 1.87. The molecule has 0 unspecified atom stereocenters. The Balaban J connectivity index is 1.24. The van der Waals surface area contributed by atoms with E-state index in [1.165, 1.54) is 11.9 Å². The molecule has 1 amide bonds. The molecule has 11 heteroatoms. The van der Waals surface area contributed by atoms with Crippen LogP contribution in [0.15, 0.2) is 35.5 Å². The highest BCUT2D eigenvalue weighted by Crippen LogP contribution is 2.69. The van der Waals surface area contributed by atoms with Crippen molar-refractivity contribution in [1.29, 1.82) is 0 Å². The normalized spacial score (nSPS) is 27.1. The van der Waals surface area contributed by atoms with Gasteiger partial charge in [0.1, 0.15) is 11.5 Å². The molecule has 1 saturated heterocycles. The van der Waals surface area contributed by atoms with E-state index in [1.54, 1.807) is 33.9 Å². The maximum Gasteiger partial charge on any atom is 0.265 e. The third kappa shape index (κ3) is 4.34. The summed E-state index contributed by atoms with van der Waals surface area (Å²) >= 11 is 1.26. The lowest BCUT2D eigenvalue weighted by Crippen LogP contribution is -2.66. The Kier molecular flexibility index (Phi) is 5.79. The molecule has 38 heavy (non-hydrogen) atoms. The summed E-state index contributed by atoms with van der Waals surface area (Å²) in [6.45, 7) is 9.86. The topological polar surface area (TPSA) is 90.1 Å². The van der Waals surface area contributed by atoms with Gasteiger partial charge in [0.15, 0.2) is 5.82 Å². The van der Waals surface area contributed by atoms with Crippen LogP contribution < -0.4 is 14.4 Å². The lowest BCUT2D eigenvalue weighted by Gasteiger charge is -2.65. The van der Waals surface area contributed by atoms with Crippen LogP contribution >= 0.6 is 11.9 Å². The van der Waals surface area contributed by atoms with Crippen molar-refractivity contribution >= 4 is 23.7 Å². The van der Waals surface area contributed by atoms with E-state index in [4.69, 9.17) is 9.72 Å². The predicted molar refractivity (Wildman–Crippen MR) is 143 cm³/mol. The van der Waals surface area contributed by atoms with Gasteiger partial charge in [-0.25, -0.2) is 14.1 Å². The number of aromatic nitrogens is 5. The van der Waals surface area contributed by atoms with Gasteiger partial charge in [-0.2, -0.15) is 5.10 Å². The largest absolute Gasteiger partial charge is 0.476 e. The van der Waals surface area contributed by atoms with Crippen molar-refractivity contribution in [3.05, 3.63) is 41.9 Å². The van der Waals surface area contributed by atoms with Gasteiger partial charge < -0.3 is 9.64 Å². The average Bonchev–Trinajstić information content (AvgIpc) is 3.51. The number of nitrogens with one attached hydrogen (secondary N) is 1. The Bertz CT molecular complexity index is 1380. The lowest BCUT2D eigenvalue weighted by molar-refractivity contribution is -0.226. The molecule has 0 radical (unpaired) electrons. The van der Waals surface area contributed by atoms with E-state index in [0.717, 1.165) is 23.6 Å². The quantitative estimate of drug-likeness (QED) is 0.417. The Labute approximate surface area is 226 Å². The first-order valence-electron chi connectivity index (χ1n) is 13.1. The molecule has 1 atom stereocenters. The van der Waals surface area contributed by atoms with E-state index < -0.39 is 5.67 Å². The molecular weight excluding hydrogens is 505 g/mol. The summed E-state index contributed by atoms with van der Waals surface area (Å²) in [6.07, 6.45) is 6.34. The molecule has 2 bridgehead atoms. The number of amides is 1. The number of anilines is 1. The standard InChI is InChI=1S/C27H34FN7O2S/c1-17-10-25(3,4)34(12-17)23-19(24(36)32-38-20-11-29-33(5)18(20)2)6-7-21(30-23)35-9-8-22(31-35)37-16-26-13-27(28,14-26)15-26/h6-9,11,17H,10,12-16H2,1-5H3,(H,32,36)/t17-,26?,27?/m0/s1. The molecule has 1 N–H and O–H groups in total. The molecule has 202 valence electrons. The molecule has 3 saturated carbocycles. The maximum atomic E-state index is 13.8. The number of pyridine rings is 1. The second-order valence-corrected chi connectivity index (χ2v) is 12.9. The van der Waals surface area contributed by atoms with Crippen molar-refractivity contribution in [2.24, 2.45) is 18.4 Å². The van der Waals surface area contributed by atoms with Gasteiger partial charge in [0.2, 0.25) is 5.88 Å². The monoisotopic (exact) mass is 539 g/mol. The lowest BCUT2D eigenvalue weighted by atomic mass is 9.43. The van der Waals surface area contributed by atoms with Crippen molar-refractivity contribution in [3.8, 4) is 11.7 Å². The van der Waals surface area contributed by atoms with Crippen molar-refractivity contribution in [1.82, 2.24) is 29.3 Å². The molecule has 4 aliphatic rings. The fraction of sp³-hybridized carbons (Fsp3) is 0.556. The fourth-order valence-corrected chi connectivity index (χ4v) is 7.09. The van der Waals surface area contributed by atoms with Gasteiger partial charge >= 0.3 is 0 Å². The summed E-state index contributed by atoms with van der Waals surface area (Å²) in [6, 6.07) is 5.41. The fourth-order valence-electron chi connectivity index (χ4n) is 6.40. The summed E-state index contributed by atoms with van der Waals surface area (Å²) in [5.74, 6) is 2.00. The summed E-state index contributed by atoms with van der Waals surface area (Å²) < 4.78 is 26.2. The molecule has 0 spiro atoms. The number of hydrogen-bond acceptors (Lipinski definition) is 7. The van der Waals surface area contributed by atoms with Crippen molar-refractivity contribution in [3.63, 3.8) is 0 Å². The minimum atomic E-state index is -0.937. The van der Waals surface area contributed by atoms with Crippen LogP contribution in [0.3, 0.4) is 0 Å². The van der Waals surface area contributed by atoms with Gasteiger partial charge in [0.25, 0.3) is 5.91 Å². The van der Waals surface area contributed by atoms with Crippen LogP contribution in [0.2, 0.25) is 0 Å². The molecule has 0 aromatic carbocycles. The Morgan fingerprint density at radius 1 is 1.26 bits per heavy atom. The highest BCUT2D eigenvalue weighted by molar-refractivity contribution is 7.98. The summed E-state index contributed by atoms with van der Waals surface area (Å²) in [4.78, 5) is 21.5. The summed E-state index contributed by atoms with van der Waals surface area (Å²) in [5, 5.41) is 8.81. The molecule has 1 aliphatic heterocycles. The third-order valence-electron chi connectivity index (χ3n) is 8.28. The van der Waals surface area contributed by atoms with Gasteiger partial charge in [-0.05, 0) is 76.5 Å². The van der Waals surface area contributed by atoms with Crippen molar-refractivity contribution in [2.45, 2.75) is 69.5 Å². The second-order valence-electron chi connectivity index (χ2n) is 12.1. The van der Waals surface area contributed by atoms with E-state index in [1.807, 2.05) is 20.0 Å². The van der Waals surface area contributed by atoms with Gasteiger partial charge in [-0.15, -0.1) is 5.10 Å². The number of alkyl halides is 1. The molecule has 7 rings (SSSR count). The maximum absolute atomic E-state index is 13.8. The van der Waals surface area contributed by atoms with Crippen LogP contribution in [0.4, 0.5) is 10.2 Å². The number of rotatable bonds is 8. The predicted octanol–water partition coefficient (Wildman–Crippen LogP) is 4.64. The van der Waals surface area contributed by atoms with E-state index in [0.29, 0.717) is 54.9 Å². The van der Waals surface area contributed by atoms with Crippen LogP contribution in [0.5, 0.6) is 5.88 Å². The first kappa shape index (κ1) is 25.2. The van der Waals surface area contributed by atoms with Gasteiger partial charge in [0.05, 0.1) is 29.0 Å². The van der Waals surface area contributed by atoms with Crippen LogP contribution in [0.1, 0.15) is 62.5 Å². The van der Waals surface area contributed by atoms with Crippen LogP contribution in [-0.2, 0) is 7.05 Å². The molecular formula is C27H34FN7O2S. The number of ether oxygens (including phenoxy) is 1. The minimum absolute atomic E-state index is 0.0106. The van der Waals surface area contributed by atoms with Crippen LogP contribution in [-0.4, -0.2) is 54.8 Å². The van der Waals surface area contributed by atoms with Crippen LogP contribution in [0.25, 0.3) is 5.82 Å². The molecule has 3 aliphatic carbocycles. The van der Waals surface area contributed by atoms with E-state index in [9.17, 15) is 9.18 Å². The molecule has 9 nitrogen and oxygen atoms in total. The highest BCUT2D eigenvalue weighted by Gasteiger charge is 2.69. The van der Waals surface area contributed by atoms with Crippen molar-refractivity contribution in [2.75, 3.05) is 18.1 Å². The SMILES string of the molecule is Cc1c(SNC(=O)c2ccc(-n3ccc(OCC45CC(F)(C4)C5)n3)nc2N2C[C@@H](C)CC2(C)C)cnn1C. The van der Waals surface area contributed by atoms with Gasteiger partial charge in [-0.3, -0.25) is 14.2 Å².